The number of aromatic nitrogens is 1. The molecule has 0 atom stereocenters. The molecule has 3 aromatic rings. The highest BCUT2D eigenvalue weighted by molar-refractivity contribution is 6.14. The van der Waals surface area contributed by atoms with Gasteiger partial charge in [0.1, 0.15) is 11.4 Å². The zero-order valence-electron chi connectivity index (χ0n) is 16.8. The average molecular weight is 406 g/mol. The van der Waals surface area contributed by atoms with Crippen molar-refractivity contribution in [1.82, 2.24) is 9.88 Å². The van der Waals surface area contributed by atoms with Gasteiger partial charge in [0.25, 0.3) is 11.6 Å². The lowest BCUT2D eigenvalue weighted by Crippen LogP contribution is -2.33. The van der Waals surface area contributed by atoms with E-state index in [4.69, 9.17) is 9.72 Å². The van der Waals surface area contributed by atoms with Gasteiger partial charge in [0.15, 0.2) is 0 Å². The fourth-order valence-electron chi connectivity index (χ4n) is 3.86. The Morgan fingerprint density at radius 2 is 2.10 bits per heavy atom. The summed E-state index contributed by atoms with van der Waals surface area (Å²) in [6.45, 7) is 4.47. The smallest absolute Gasteiger partial charge is 0.296 e. The third-order valence-electron chi connectivity index (χ3n) is 5.45. The Hall–Kier alpha value is -3.52. The summed E-state index contributed by atoms with van der Waals surface area (Å²) in [7, 11) is 1.44. The van der Waals surface area contributed by atoms with E-state index in [2.05, 4.69) is 17.1 Å². The number of carbonyl (C=O) groups is 1. The number of nitro groups is 1. The number of nitro benzene ring substituents is 1. The van der Waals surface area contributed by atoms with Crippen LogP contribution in [0.15, 0.2) is 42.5 Å². The average Bonchev–Trinajstić information content (AvgIpc) is 2.77. The number of hydrogen-bond acceptors (Lipinski definition) is 6. The largest absolute Gasteiger partial charge is 0.496 e. The number of nitrogens with zero attached hydrogens (tertiary/aromatic N) is 3. The Morgan fingerprint density at radius 1 is 1.30 bits per heavy atom. The summed E-state index contributed by atoms with van der Waals surface area (Å²) >= 11 is 0. The van der Waals surface area contributed by atoms with E-state index in [1.807, 2.05) is 24.3 Å². The first kappa shape index (κ1) is 19.8. The lowest BCUT2D eigenvalue weighted by molar-refractivity contribution is -0.384. The molecule has 0 aliphatic carbocycles. The molecule has 1 N–H and O–H groups in total. The third kappa shape index (κ3) is 3.57. The van der Waals surface area contributed by atoms with Crippen molar-refractivity contribution in [3.63, 3.8) is 0 Å². The molecule has 4 rings (SSSR count). The van der Waals surface area contributed by atoms with Crippen molar-refractivity contribution in [2.45, 2.75) is 19.9 Å². The normalized spacial score (nSPS) is 13.7. The summed E-state index contributed by atoms with van der Waals surface area (Å²) in [5.41, 5.74) is 2.98. The minimum Gasteiger partial charge on any atom is -0.496 e. The van der Waals surface area contributed by atoms with Crippen LogP contribution in [0.1, 0.15) is 28.5 Å². The van der Waals surface area contributed by atoms with Gasteiger partial charge < -0.3 is 10.1 Å². The number of carbonyl (C=O) groups excluding carboxylic acids is 1. The van der Waals surface area contributed by atoms with E-state index in [0.717, 1.165) is 41.7 Å². The number of fused-ring (bicyclic) bond motifs is 2. The topological polar surface area (TPSA) is 97.6 Å². The van der Waals surface area contributed by atoms with Gasteiger partial charge in [0, 0.05) is 36.2 Å². The fourth-order valence-corrected chi connectivity index (χ4v) is 3.86. The van der Waals surface area contributed by atoms with Crippen molar-refractivity contribution in [3.8, 4) is 5.75 Å². The van der Waals surface area contributed by atoms with Gasteiger partial charge in [0.05, 0.1) is 29.2 Å². The van der Waals surface area contributed by atoms with Crippen molar-refractivity contribution in [1.29, 1.82) is 0 Å². The Balaban J connectivity index is 1.81. The van der Waals surface area contributed by atoms with Crippen molar-refractivity contribution in [2.24, 2.45) is 0 Å². The molecule has 8 nitrogen and oxygen atoms in total. The molecule has 0 spiro atoms. The van der Waals surface area contributed by atoms with Crippen molar-refractivity contribution < 1.29 is 14.5 Å². The highest BCUT2D eigenvalue weighted by Crippen LogP contribution is 2.32. The number of para-hydroxylation sites is 1. The summed E-state index contributed by atoms with van der Waals surface area (Å²) in [5, 5.41) is 15.0. The first-order chi connectivity index (χ1) is 14.5. The Morgan fingerprint density at radius 3 is 2.83 bits per heavy atom. The van der Waals surface area contributed by atoms with E-state index < -0.39 is 4.92 Å². The highest BCUT2D eigenvalue weighted by Gasteiger charge is 2.26. The zero-order chi connectivity index (χ0) is 21.3. The van der Waals surface area contributed by atoms with Crippen LogP contribution in [-0.4, -0.2) is 40.9 Å². The minimum absolute atomic E-state index is 0.128. The molecule has 1 amide bonds. The number of rotatable bonds is 5. The van der Waals surface area contributed by atoms with Gasteiger partial charge in [-0.1, -0.05) is 25.1 Å². The fraction of sp³-hybridized carbons (Fsp3) is 0.273. The van der Waals surface area contributed by atoms with E-state index in [1.54, 1.807) is 6.07 Å². The molecule has 1 aromatic heterocycles. The van der Waals surface area contributed by atoms with Crippen LogP contribution < -0.4 is 10.1 Å². The molecule has 0 fully saturated rings. The molecule has 8 heteroatoms. The number of amides is 1. The second-order valence-corrected chi connectivity index (χ2v) is 7.14. The number of pyridine rings is 1. The molecule has 30 heavy (non-hydrogen) atoms. The predicted molar refractivity (Wildman–Crippen MR) is 114 cm³/mol. The molecule has 1 aliphatic rings. The van der Waals surface area contributed by atoms with Crippen LogP contribution in [-0.2, 0) is 13.0 Å². The van der Waals surface area contributed by atoms with Gasteiger partial charge >= 0.3 is 0 Å². The number of anilines is 1. The molecule has 2 aromatic carbocycles. The number of likely N-dealkylation sites (N-methyl/N-ethyl adjacent to an activating group) is 1. The SMILES string of the molecule is CCN1CCc2nc3ccccc3c(C(=O)Nc3ccc(OC)cc3[N+](=O)[O-])c2C1. The van der Waals surface area contributed by atoms with Crippen LogP contribution in [0.25, 0.3) is 10.9 Å². The second kappa shape index (κ2) is 8.08. The maximum atomic E-state index is 13.4. The highest BCUT2D eigenvalue weighted by atomic mass is 16.6. The van der Waals surface area contributed by atoms with Crippen LogP contribution in [0, 0.1) is 10.1 Å². The van der Waals surface area contributed by atoms with Gasteiger partial charge in [-0.3, -0.25) is 24.8 Å². The van der Waals surface area contributed by atoms with Gasteiger partial charge in [-0.15, -0.1) is 0 Å². The molecule has 0 radical (unpaired) electrons. The second-order valence-electron chi connectivity index (χ2n) is 7.14. The first-order valence-corrected chi connectivity index (χ1v) is 9.78. The van der Waals surface area contributed by atoms with Gasteiger partial charge in [-0.05, 0) is 24.7 Å². The van der Waals surface area contributed by atoms with E-state index in [1.165, 1.54) is 19.2 Å². The lowest BCUT2D eigenvalue weighted by Gasteiger charge is -2.29. The molecular weight excluding hydrogens is 384 g/mol. The molecular formula is C22H22N4O4. The van der Waals surface area contributed by atoms with Gasteiger partial charge in [-0.2, -0.15) is 0 Å². The van der Waals surface area contributed by atoms with E-state index in [0.29, 0.717) is 17.9 Å². The monoisotopic (exact) mass is 406 g/mol. The molecule has 0 saturated heterocycles. The Bertz CT molecular complexity index is 1150. The van der Waals surface area contributed by atoms with Crippen molar-refractivity contribution in [3.05, 3.63) is 69.4 Å². The Kier molecular flexibility index (Phi) is 5.33. The maximum absolute atomic E-state index is 13.4. The van der Waals surface area contributed by atoms with Gasteiger partial charge in [-0.25, -0.2) is 0 Å². The summed E-state index contributed by atoms with van der Waals surface area (Å²) in [6, 6.07) is 11.9. The number of hydrogen-bond donors (Lipinski definition) is 1. The van der Waals surface area contributed by atoms with Gasteiger partial charge in [0.2, 0.25) is 0 Å². The third-order valence-corrected chi connectivity index (χ3v) is 5.45. The number of methoxy groups -OCH3 is 1. The molecule has 0 unspecified atom stereocenters. The summed E-state index contributed by atoms with van der Waals surface area (Å²) < 4.78 is 5.07. The van der Waals surface area contributed by atoms with Crippen LogP contribution in [0.5, 0.6) is 5.75 Å². The summed E-state index contributed by atoms with van der Waals surface area (Å²) in [4.78, 5) is 31.4. The molecule has 2 heterocycles. The molecule has 0 saturated carbocycles. The number of ether oxygens (including phenoxy) is 1. The number of benzene rings is 2. The van der Waals surface area contributed by atoms with Crippen molar-refractivity contribution >= 4 is 28.2 Å². The number of nitrogens with one attached hydrogen (secondary N) is 1. The zero-order valence-corrected chi connectivity index (χ0v) is 16.8. The molecule has 154 valence electrons. The van der Waals surface area contributed by atoms with Crippen LogP contribution in [0.4, 0.5) is 11.4 Å². The lowest BCUT2D eigenvalue weighted by atomic mass is 9.95. The summed E-state index contributed by atoms with van der Waals surface area (Å²) in [5.74, 6) is -0.0268. The minimum atomic E-state index is -0.531. The van der Waals surface area contributed by atoms with Crippen LogP contribution in [0.2, 0.25) is 0 Å². The van der Waals surface area contributed by atoms with E-state index in [-0.39, 0.29) is 17.3 Å². The quantitative estimate of drug-likeness (QED) is 0.511. The van der Waals surface area contributed by atoms with E-state index >= 15 is 0 Å². The first-order valence-electron chi connectivity index (χ1n) is 9.78. The molecule has 0 bridgehead atoms. The Labute approximate surface area is 173 Å². The van der Waals surface area contributed by atoms with Crippen LogP contribution >= 0.6 is 0 Å². The standard InChI is InChI=1S/C22H22N4O4/c1-3-25-11-10-18-16(13-25)21(15-6-4-5-7-17(15)23-18)22(27)24-19-9-8-14(30-2)12-20(19)26(28)29/h4-9,12H,3,10-11,13H2,1-2H3,(H,24,27). The van der Waals surface area contributed by atoms with Crippen molar-refractivity contribution in [2.75, 3.05) is 25.5 Å². The predicted octanol–water partition coefficient (Wildman–Crippen LogP) is 3.78. The maximum Gasteiger partial charge on any atom is 0.296 e. The van der Waals surface area contributed by atoms with Crippen LogP contribution in [0.3, 0.4) is 0 Å². The van der Waals surface area contributed by atoms with E-state index in [9.17, 15) is 14.9 Å². The summed E-state index contributed by atoms with van der Waals surface area (Å²) in [6.07, 6.45) is 0.761. The molecule has 1 aliphatic heterocycles.